The molecule has 0 aliphatic rings. The SMILES string of the molecule is CCOc1cccc(OC(C)CC(=N)N)c1. The molecule has 0 spiro atoms. The Bertz CT molecular complexity index is 353. The molecule has 1 rings (SSSR count). The molecule has 0 fully saturated rings. The predicted octanol–water partition coefficient (Wildman–Crippen LogP) is 2.18. The quantitative estimate of drug-likeness (QED) is 0.572. The molecule has 0 aliphatic carbocycles. The summed E-state index contributed by atoms with van der Waals surface area (Å²) in [5.41, 5.74) is 5.30. The lowest BCUT2D eigenvalue weighted by molar-refractivity contribution is 0.228. The van der Waals surface area contributed by atoms with E-state index in [4.69, 9.17) is 20.6 Å². The van der Waals surface area contributed by atoms with Crippen LogP contribution in [0, 0.1) is 5.41 Å². The summed E-state index contributed by atoms with van der Waals surface area (Å²) >= 11 is 0. The van der Waals surface area contributed by atoms with Crippen LogP contribution < -0.4 is 15.2 Å². The second kappa shape index (κ2) is 6.00. The van der Waals surface area contributed by atoms with Gasteiger partial charge in [-0.3, -0.25) is 5.41 Å². The minimum absolute atomic E-state index is 0.102. The van der Waals surface area contributed by atoms with Gasteiger partial charge >= 0.3 is 0 Å². The molecule has 4 heteroatoms. The summed E-state index contributed by atoms with van der Waals surface area (Å²) in [7, 11) is 0. The summed E-state index contributed by atoms with van der Waals surface area (Å²) in [4.78, 5) is 0. The molecule has 88 valence electrons. The molecule has 0 heterocycles. The highest BCUT2D eigenvalue weighted by molar-refractivity contribution is 5.77. The molecule has 0 amide bonds. The molecule has 1 atom stereocenters. The van der Waals surface area contributed by atoms with Crippen molar-refractivity contribution in [1.29, 1.82) is 5.41 Å². The summed E-state index contributed by atoms with van der Waals surface area (Å²) < 4.78 is 11.0. The lowest BCUT2D eigenvalue weighted by Gasteiger charge is -2.14. The van der Waals surface area contributed by atoms with Gasteiger partial charge < -0.3 is 15.2 Å². The third kappa shape index (κ3) is 4.21. The first kappa shape index (κ1) is 12.4. The maximum Gasteiger partial charge on any atom is 0.123 e. The molecule has 0 saturated heterocycles. The Morgan fingerprint density at radius 1 is 1.44 bits per heavy atom. The molecule has 1 unspecified atom stereocenters. The van der Waals surface area contributed by atoms with Gasteiger partial charge in [-0.1, -0.05) is 6.07 Å². The van der Waals surface area contributed by atoms with Crippen molar-refractivity contribution in [3.05, 3.63) is 24.3 Å². The van der Waals surface area contributed by atoms with Crippen molar-refractivity contribution in [1.82, 2.24) is 0 Å². The second-order valence-corrected chi connectivity index (χ2v) is 3.57. The summed E-state index contributed by atoms with van der Waals surface area (Å²) in [5.74, 6) is 1.66. The van der Waals surface area contributed by atoms with Gasteiger partial charge in [0.05, 0.1) is 12.4 Å². The number of rotatable bonds is 6. The van der Waals surface area contributed by atoms with Crippen molar-refractivity contribution in [3.63, 3.8) is 0 Å². The molecule has 0 aliphatic heterocycles. The largest absolute Gasteiger partial charge is 0.494 e. The van der Waals surface area contributed by atoms with E-state index in [9.17, 15) is 0 Å². The Morgan fingerprint density at radius 3 is 2.75 bits per heavy atom. The summed E-state index contributed by atoms with van der Waals surface area (Å²) in [6, 6.07) is 7.45. The molecule has 3 N–H and O–H groups in total. The van der Waals surface area contributed by atoms with E-state index in [2.05, 4.69) is 0 Å². The van der Waals surface area contributed by atoms with Crippen molar-refractivity contribution in [2.24, 2.45) is 5.73 Å². The van der Waals surface area contributed by atoms with Crippen molar-refractivity contribution in [3.8, 4) is 11.5 Å². The molecule has 4 nitrogen and oxygen atoms in total. The zero-order valence-corrected chi connectivity index (χ0v) is 9.69. The highest BCUT2D eigenvalue weighted by Crippen LogP contribution is 2.20. The molecular formula is C12H18N2O2. The molecular weight excluding hydrogens is 204 g/mol. The third-order valence-electron chi connectivity index (χ3n) is 1.96. The van der Waals surface area contributed by atoms with Crippen molar-refractivity contribution < 1.29 is 9.47 Å². The van der Waals surface area contributed by atoms with Crippen LogP contribution in [0.5, 0.6) is 11.5 Å². The van der Waals surface area contributed by atoms with Gasteiger partial charge in [-0.25, -0.2) is 0 Å². The van der Waals surface area contributed by atoms with Crippen molar-refractivity contribution in [2.75, 3.05) is 6.61 Å². The van der Waals surface area contributed by atoms with Gasteiger partial charge in [0.25, 0.3) is 0 Å². The highest BCUT2D eigenvalue weighted by Gasteiger charge is 2.06. The second-order valence-electron chi connectivity index (χ2n) is 3.57. The maximum atomic E-state index is 7.17. The monoisotopic (exact) mass is 222 g/mol. The average molecular weight is 222 g/mol. The first-order valence-electron chi connectivity index (χ1n) is 5.34. The molecule has 1 aromatic carbocycles. The molecule has 0 bridgehead atoms. The molecule has 16 heavy (non-hydrogen) atoms. The lowest BCUT2D eigenvalue weighted by atomic mass is 10.2. The fraction of sp³-hybridized carbons (Fsp3) is 0.417. The normalized spacial score (nSPS) is 11.9. The average Bonchev–Trinajstić information content (AvgIpc) is 2.17. The Balaban J connectivity index is 2.59. The smallest absolute Gasteiger partial charge is 0.123 e. The molecule has 0 aromatic heterocycles. The summed E-state index contributed by atoms with van der Waals surface area (Å²) in [5, 5.41) is 7.17. The number of nitrogens with two attached hydrogens (primary N) is 1. The standard InChI is InChI=1S/C12H18N2O2/c1-3-15-10-5-4-6-11(8-10)16-9(2)7-12(13)14/h4-6,8-9H,3,7H2,1-2H3,(H3,13,14). The Morgan fingerprint density at radius 2 is 2.12 bits per heavy atom. The topological polar surface area (TPSA) is 68.3 Å². The molecule has 0 saturated carbocycles. The zero-order chi connectivity index (χ0) is 12.0. The van der Waals surface area contributed by atoms with E-state index < -0.39 is 0 Å². The number of benzene rings is 1. The lowest BCUT2D eigenvalue weighted by Crippen LogP contribution is -2.21. The number of nitrogens with one attached hydrogen (secondary N) is 1. The van der Waals surface area contributed by atoms with Gasteiger partial charge in [-0.2, -0.15) is 0 Å². The zero-order valence-electron chi connectivity index (χ0n) is 9.69. The Labute approximate surface area is 95.9 Å². The summed E-state index contributed by atoms with van der Waals surface area (Å²) in [6.45, 7) is 4.45. The number of amidine groups is 1. The van der Waals surface area contributed by atoms with Crippen LogP contribution in [0.25, 0.3) is 0 Å². The Hall–Kier alpha value is -1.71. The van der Waals surface area contributed by atoms with Crippen LogP contribution in [0.3, 0.4) is 0 Å². The predicted molar refractivity (Wildman–Crippen MR) is 64.2 cm³/mol. The molecule has 0 radical (unpaired) electrons. The number of hydrogen-bond donors (Lipinski definition) is 2. The van der Waals surface area contributed by atoms with E-state index in [0.29, 0.717) is 13.0 Å². The number of hydrogen-bond acceptors (Lipinski definition) is 3. The van der Waals surface area contributed by atoms with Crippen LogP contribution in [0.4, 0.5) is 0 Å². The van der Waals surface area contributed by atoms with Crippen LogP contribution in [0.1, 0.15) is 20.3 Å². The van der Waals surface area contributed by atoms with E-state index >= 15 is 0 Å². The summed E-state index contributed by atoms with van der Waals surface area (Å²) in [6.07, 6.45) is 0.327. The van der Waals surface area contributed by atoms with Crippen molar-refractivity contribution >= 4 is 5.84 Å². The van der Waals surface area contributed by atoms with Gasteiger partial charge in [0.2, 0.25) is 0 Å². The van der Waals surface area contributed by atoms with Crippen LogP contribution >= 0.6 is 0 Å². The minimum atomic E-state index is -0.102. The fourth-order valence-corrected chi connectivity index (χ4v) is 1.39. The van der Waals surface area contributed by atoms with Gasteiger partial charge in [-0.15, -0.1) is 0 Å². The Kier molecular flexibility index (Phi) is 4.64. The van der Waals surface area contributed by atoms with E-state index in [1.807, 2.05) is 38.1 Å². The van der Waals surface area contributed by atoms with Gasteiger partial charge in [0, 0.05) is 12.5 Å². The van der Waals surface area contributed by atoms with Crippen LogP contribution in [-0.4, -0.2) is 18.5 Å². The van der Waals surface area contributed by atoms with Crippen molar-refractivity contribution in [2.45, 2.75) is 26.4 Å². The van der Waals surface area contributed by atoms with Gasteiger partial charge in [0.1, 0.15) is 17.6 Å². The van der Waals surface area contributed by atoms with E-state index in [1.165, 1.54) is 0 Å². The van der Waals surface area contributed by atoms with Crippen LogP contribution in [-0.2, 0) is 0 Å². The van der Waals surface area contributed by atoms with Crippen LogP contribution in [0.2, 0.25) is 0 Å². The van der Waals surface area contributed by atoms with E-state index in [-0.39, 0.29) is 11.9 Å². The fourth-order valence-electron chi connectivity index (χ4n) is 1.39. The third-order valence-corrected chi connectivity index (χ3v) is 1.96. The highest BCUT2D eigenvalue weighted by atomic mass is 16.5. The van der Waals surface area contributed by atoms with E-state index in [1.54, 1.807) is 0 Å². The number of ether oxygens (including phenoxy) is 2. The van der Waals surface area contributed by atoms with E-state index in [0.717, 1.165) is 11.5 Å². The van der Waals surface area contributed by atoms with Gasteiger partial charge in [-0.05, 0) is 26.0 Å². The molecule has 1 aromatic rings. The maximum absolute atomic E-state index is 7.17. The van der Waals surface area contributed by atoms with Gasteiger partial charge in [0.15, 0.2) is 0 Å². The first-order chi connectivity index (χ1) is 7.61. The first-order valence-corrected chi connectivity index (χ1v) is 5.34. The minimum Gasteiger partial charge on any atom is -0.494 e. The van der Waals surface area contributed by atoms with Crippen LogP contribution in [0.15, 0.2) is 24.3 Å².